The highest BCUT2D eigenvalue weighted by atomic mass is 32.1. The molecule has 3 aromatic heterocycles. The smallest absolute Gasteiger partial charge is 0.166 e. The van der Waals surface area contributed by atoms with Crippen molar-refractivity contribution < 1.29 is 0 Å². The second-order valence-electron chi connectivity index (χ2n) is 14.8. The average Bonchev–Trinajstić information content (AvgIpc) is 3.83. The predicted molar refractivity (Wildman–Crippen MR) is 244 cm³/mol. The third kappa shape index (κ3) is 5.25. The quantitative estimate of drug-likeness (QED) is 0.176. The summed E-state index contributed by atoms with van der Waals surface area (Å²) in [5, 5.41) is 9.47. The lowest BCUT2D eigenvalue weighted by Crippen LogP contribution is -2.04. The number of rotatable bonds is 5. The summed E-state index contributed by atoms with van der Waals surface area (Å²) in [4.78, 5) is 16.2. The molecule has 0 unspecified atom stereocenters. The highest BCUT2D eigenvalue weighted by molar-refractivity contribution is 7.26. The van der Waals surface area contributed by atoms with Crippen LogP contribution in [0.3, 0.4) is 0 Å². The Hall–Kier alpha value is -7.47. The number of nitrogens with zero attached hydrogens (tertiary/aromatic N) is 4. The largest absolute Gasteiger partial charge is 0.308 e. The van der Waals surface area contributed by atoms with Crippen LogP contribution in [0.5, 0.6) is 0 Å². The molecule has 0 radical (unpaired) electrons. The van der Waals surface area contributed by atoms with E-state index in [9.17, 15) is 0 Å². The molecule has 4 nitrogen and oxygen atoms in total. The Bertz CT molecular complexity index is 3580. The molecule has 9 aromatic carbocycles. The summed E-state index contributed by atoms with van der Waals surface area (Å²) in [5.41, 5.74) is 8.40. The van der Waals surface area contributed by atoms with Crippen LogP contribution in [0.25, 0.3) is 115 Å². The van der Waals surface area contributed by atoms with E-state index < -0.39 is 0 Å². The molecule has 0 aliphatic heterocycles. The number of hydrogen-bond acceptors (Lipinski definition) is 4. The number of hydrogen-bond donors (Lipinski definition) is 0. The first kappa shape index (κ1) is 32.7. The van der Waals surface area contributed by atoms with Crippen LogP contribution in [0, 0.1) is 0 Å². The molecule has 0 amide bonds. The first-order chi connectivity index (χ1) is 28.7. The van der Waals surface area contributed by atoms with Gasteiger partial charge in [0.1, 0.15) is 0 Å². The van der Waals surface area contributed by atoms with Crippen molar-refractivity contribution in [1.82, 2.24) is 19.5 Å². The van der Waals surface area contributed by atoms with Gasteiger partial charge >= 0.3 is 0 Å². The van der Waals surface area contributed by atoms with Gasteiger partial charge in [0.25, 0.3) is 0 Å². The van der Waals surface area contributed by atoms with Gasteiger partial charge in [0.05, 0.1) is 22.3 Å². The van der Waals surface area contributed by atoms with Crippen molar-refractivity contribution >= 4 is 74.9 Å². The zero-order valence-corrected chi connectivity index (χ0v) is 32.0. The summed E-state index contributed by atoms with van der Waals surface area (Å²) in [5.74, 6) is 1.89. The van der Waals surface area contributed by atoms with E-state index >= 15 is 0 Å². The van der Waals surface area contributed by atoms with Gasteiger partial charge in [-0.15, -0.1) is 11.3 Å². The lowest BCUT2D eigenvalue weighted by molar-refractivity contribution is 1.07. The number of aromatic nitrogens is 4. The van der Waals surface area contributed by atoms with Crippen molar-refractivity contribution in [3.05, 3.63) is 194 Å². The van der Waals surface area contributed by atoms with Crippen molar-refractivity contribution in [2.24, 2.45) is 0 Å². The Morgan fingerprint density at radius 3 is 1.79 bits per heavy atom. The molecular weight excluding hydrogens is 725 g/mol. The van der Waals surface area contributed by atoms with E-state index in [1.54, 1.807) is 0 Å². The van der Waals surface area contributed by atoms with Crippen molar-refractivity contribution in [2.75, 3.05) is 0 Å². The van der Waals surface area contributed by atoms with E-state index in [0.717, 1.165) is 55.3 Å². The summed E-state index contributed by atoms with van der Waals surface area (Å²) in [6, 6.07) is 69.2. The highest BCUT2D eigenvalue weighted by Crippen LogP contribution is 2.45. The number of fused-ring (bicyclic) bond motifs is 8. The summed E-state index contributed by atoms with van der Waals surface area (Å²) >= 11 is 1.81. The van der Waals surface area contributed by atoms with Gasteiger partial charge in [-0.1, -0.05) is 146 Å². The van der Waals surface area contributed by atoms with Gasteiger partial charge in [-0.3, -0.25) is 0 Å². The van der Waals surface area contributed by atoms with Crippen LogP contribution in [0.4, 0.5) is 0 Å². The zero-order valence-electron chi connectivity index (χ0n) is 31.2. The van der Waals surface area contributed by atoms with E-state index in [-0.39, 0.29) is 0 Å². The minimum atomic E-state index is 0.627. The maximum Gasteiger partial charge on any atom is 0.166 e. The normalized spacial score (nSPS) is 11.8. The highest BCUT2D eigenvalue weighted by Gasteiger charge is 2.24. The van der Waals surface area contributed by atoms with Crippen LogP contribution in [0.1, 0.15) is 0 Å². The standard InChI is InChI=1S/C53H32N4S/c1-2-13-33(14-3-1)36-19-12-20-39(29-36)51-54-52(40-26-25-34-15-4-5-16-35(34)30-40)56-53(55-51)50-45(27-28-48-49(50)42-22-9-11-24-47(42)58-48)57-44-23-10-8-21-41(44)43-31-37-17-6-7-18-38(37)32-46(43)57/h1-32H. The summed E-state index contributed by atoms with van der Waals surface area (Å²) in [7, 11) is 0. The van der Waals surface area contributed by atoms with E-state index in [2.05, 4.69) is 193 Å². The Labute approximate surface area is 338 Å². The number of para-hydroxylation sites is 1. The van der Waals surface area contributed by atoms with Gasteiger partial charge in [-0.05, 0) is 81.2 Å². The topological polar surface area (TPSA) is 43.6 Å². The summed E-state index contributed by atoms with van der Waals surface area (Å²) in [6.45, 7) is 0. The lowest BCUT2D eigenvalue weighted by Gasteiger charge is -2.16. The molecule has 0 aliphatic rings. The Morgan fingerprint density at radius 2 is 0.966 bits per heavy atom. The minimum absolute atomic E-state index is 0.627. The van der Waals surface area contributed by atoms with Crippen molar-refractivity contribution in [3.63, 3.8) is 0 Å². The third-order valence-electron chi connectivity index (χ3n) is 11.4. The average molecular weight is 757 g/mol. The van der Waals surface area contributed by atoms with E-state index in [1.807, 2.05) is 17.4 Å². The van der Waals surface area contributed by atoms with Crippen molar-refractivity contribution in [3.8, 4) is 51.0 Å². The van der Waals surface area contributed by atoms with Gasteiger partial charge in [0, 0.05) is 42.1 Å². The molecule has 12 rings (SSSR count). The minimum Gasteiger partial charge on any atom is -0.308 e. The maximum absolute atomic E-state index is 5.48. The maximum atomic E-state index is 5.48. The van der Waals surface area contributed by atoms with Crippen LogP contribution >= 0.6 is 11.3 Å². The molecule has 58 heavy (non-hydrogen) atoms. The number of benzene rings is 9. The van der Waals surface area contributed by atoms with Crippen molar-refractivity contribution in [1.29, 1.82) is 0 Å². The second-order valence-corrected chi connectivity index (χ2v) is 15.9. The first-order valence-electron chi connectivity index (χ1n) is 19.5. The molecule has 0 aliphatic carbocycles. The lowest BCUT2D eigenvalue weighted by atomic mass is 10.0. The van der Waals surface area contributed by atoms with E-state index in [0.29, 0.717) is 17.5 Å². The SMILES string of the molecule is c1ccc(-c2cccc(-c3nc(-c4ccc5ccccc5c4)nc(-c4c(-n5c6ccccc6c6cc7ccccc7cc65)ccc5sc6ccccc6c45)n3)c2)cc1. The molecule has 270 valence electrons. The third-order valence-corrected chi connectivity index (χ3v) is 12.5. The molecular formula is C53H32N4S. The van der Waals surface area contributed by atoms with Gasteiger partial charge in [0.15, 0.2) is 17.5 Å². The van der Waals surface area contributed by atoms with E-state index in [1.165, 1.54) is 41.7 Å². The van der Waals surface area contributed by atoms with Crippen molar-refractivity contribution in [2.45, 2.75) is 0 Å². The summed E-state index contributed by atoms with van der Waals surface area (Å²) < 4.78 is 4.84. The molecule has 5 heteroatoms. The molecule has 12 aromatic rings. The molecule has 0 saturated heterocycles. The first-order valence-corrected chi connectivity index (χ1v) is 20.3. The summed E-state index contributed by atoms with van der Waals surface area (Å²) in [6.07, 6.45) is 0. The zero-order chi connectivity index (χ0) is 38.2. The van der Waals surface area contributed by atoms with Crippen LogP contribution < -0.4 is 0 Å². The molecule has 0 spiro atoms. The second kappa shape index (κ2) is 13.1. The molecule has 0 fully saturated rings. The van der Waals surface area contributed by atoms with Crippen LogP contribution in [0.2, 0.25) is 0 Å². The molecule has 0 N–H and O–H groups in total. The van der Waals surface area contributed by atoms with E-state index in [4.69, 9.17) is 15.0 Å². The molecule has 0 saturated carbocycles. The fourth-order valence-electron chi connectivity index (χ4n) is 8.68. The molecule has 0 atom stereocenters. The number of thiophene rings is 1. The fourth-order valence-corrected chi connectivity index (χ4v) is 9.79. The van der Waals surface area contributed by atoms with Gasteiger partial charge in [-0.25, -0.2) is 15.0 Å². The van der Waals surface area contributed by atoms with Gasteiger partial charge < -0.3 is 4.57 Å². The van der Waals surface area contributed by atoms with Gasteiger partial charge in [-0.2, -0.15) is 0 Å². The fraction of sp³-hybridized carbons (Fsp3) is 0. The Kier molecular flexibility index (Phi) is 7.37. The van der Waals surface area contributed by atoms with Crippen LogP contribution in [-0.2, 0) is 0 Å². The Balaban J connectivity index is 1.20. The predicted octanol–water partition coefficient (Wildman–Crippen LogP) is 14.3. The van der Waals surface area contributed by atoms with Crippen LogP contribution in [0.15, 0.2) is 194 Å². The molecule has 0 bridgehead atoms. The van der Waals surface area contributed by atoms with Crippen LogP contribution in [-0.4, -0.2) is 19.5 Å². The molecule has 3 heterocycles. The monoisotopic (exact) mass is 756 g/mol. The van der Waals surface area contributed by atoms with Gasteiger partial charge in [0.2, 0.25) is 0 Å². The Morgan fingerprint density at radius 1 is 0.345 bits per heavy atom.